The number of anilines is 1. The summed E-state index contributed by atoms with van der Waals surface area (Å²) in [7, 11) is 0. The van der Waals surface area contributed by atoms with Crippen molar-refractivity contribution in [2.24, 2.45) is 5.92 Å². The average molecular weight is 401 g/mol. The highest BCUT2D eigenvalue weighted by Gasteiger charge is 2.23. The summed E-state index contributed by atoms with van der Waals surface area (Å²) in [5, 5.41) is 14.4. The number of nitrogens with zero attached hydrogens (tertiary/aromatic N) is 1. The van der Waals surface area contributed by atoms with Gasteiger partial charge in [0.05, 0.1) is 18.0 Å². The minimum atomic E-state index is -0.990. The summed E-state index contributed by atoms with van der Waals surface area (Å²) in [5.74, 6) is -1.96. The number of aromatic nitrogens is 1. The second-order valence-corrected chi connectivity index (χ2v) is 8.66. The highest BCUT2D eigenvalue weighted by atomic mass is 32.1. The van der Waals surface area contributed by atoms with Crippen LogP contribution in [-0.2, 0) is 16.0 Å². The van der Waals surface area contributed by atoms with Gasteiger partial charge in [0, 0.05) is 20.7 Å². The maximum atomic E-state index is 12.7. The molecule has 0 saturated carbocycles. The first-order chi connectivity index (χ1) is 12.9. The zero-order chi connectivity index (χ0) is 19.4. The van der Waals surface area contributed by atoms with Gasteiger partial charge in [0.2, 0.25) is 5.91 Å². The first-order valence-electron chi connectivity index (χ1n) is 8.52. The van der Waals surface area contributed by atoms with Crippen LogP contribution in [-0.4, -0.2) is 22.0 Å². The summed E-state index contributed by atoms with van der Waals surface area (Å²) in [6, 6.07) is 11.5. The van der Waals surface area contributed by atoms with Crippen LogP contribution in [0.4, 0.5) is 5.13 Å². The van der Waals surface area contributed by atoms with E-state index in [0.29, 0.717) is 11.6 Å². The van der Waals surface area contributed by atoms with Gasteiger partial charge in [-0.2, -0.15) is 0 Å². The van der Waals surface area contributed by atoms with Crippen molar-refractivity contribution >= 4 is 39.7 Å². The Labute approximate surface area is 165 Å². The second-order valence-electron chi connectivity index (χ2n) is 6.34. The van der Waals surface area contributed by atoms with E-state index in [2.05, 4.69) is 23.3 Å². The molecule has 3 rings (SSSR count). The molecule has 1 unspecified atom stereocenters. The SMILES string of the molecule is Cc1cc(-c2csc(NC(=O)C(CC(=O)O)Cc3ccccc3)n2)c(C)s1. The van der Waals surface area contributed by atoms with E-state index in [9.17, 15) is 14.7 Å². The van der Waals surface area contributed by atoms with E-state index in [-0.39, 0.29) is 12.3 Å². The fourth-order valence-corrected chi connectivity index (χ4v) is 4.56. The molecule has 27 heavy (non-hydrogen) atoms. The summed E-state index contributed by atoms with van der Waals surface area (Å²) in [4.78, 5) is 30.8. The number of carbonyl (C=O) groups excluding carboxylic acids is 1. The third kappa shape index (κ3) is 5.02. The van der Waals surface area contributed by atoms with Crippen molar-refractivity contribution in [3.63, 3.8) is 0 Å². The fraction of sp³-hybridized carbons (Fsp3) is 0.250. The van der Waals surface area contributed by atoms with Gasteiger partial charge in [-0.25, -0.2) is 4.98 Å². The number of carbonyl (C=O) groups is 2. The lowest BCUT2D eigenvalue weighted by Gasteiger charge is -2.14. The van der Waals surface area contributed by atoms with E-state index < -0.39 is 11.9 Å². The monoisotopic (exact) mass is 400 g/mol. The third-order valence-corrected chi connectivity index (χ3v) is 5.89. The number of aryl methyl sites for hydroxylation is 2. The van der Waals surface area contributed by atoms with Crippen LogP contribution in [0.3, 0.4) is 0 Å². The molecule has 1 amide bonds. The molecular weight excluding hydrogens is 380 g/mol. The molecular formula is C20H20N2O3S2. The Kier molecular flexibility index (Phi) is 6.03. The summed E-state index contributed by atoms with van der Waals surface area (Å²) in [6.07, 6.45) is 0.155. The quantitative estimate of drug-likeness (QED) is 0.599. The van der Waals surface area contributed by atoms with Crippen LogP contribution in [0.2, 0.25) is 0 Å². The maximum Gasteiger partial charge on any atom is 0.304 e. The summed E-state index contributed by atoms with van der Waals surface area (Å²) >= 11 is 3.06. The summed E-state index contributed by atoms with van der Waals surface area (Å²) in [5.41, 5.74) is 2.83. The van der Waals surface area contributed by atoms with Gasteiger partial charge in [-0.1, -0.05) is 30.3 Å². The van der Waals surface area contributed by atoms with E-state index in [4.69, 9.17) is 0 Å². The van der Waals surface area contributed by atoms with E-state index in [0.717, 1.165) is 16.8 Å². The van der Waals surface area contributed by atoms with Gasteiger partial charge in [0.1, 0.15) is 0 Å². The summed E-state index contributed by atoms with van der Waals surface area (Å²) < 4.78 is 0. The Bertz CT molecular complexity index is 947. The topological polar surface area (TPSA) is 79.3 Å². The lowest BCUT2D eigenvalue weighted by molar-refractivity contribution is -0.140. The van der Waals surface area contributed by atoms with Crippen molar-refractivity contribution in [2.45, 2.75) is 26.7 Å². The highest BCUT2D eigenvalue weighted by molar-refractivity contribution is 7.14. The molecule has 0 spiro atoms. The Morgan fingerprint density at radius 3 is 2.59 bits per heavy atom. The minimum absolute atomic E-state index is 0.220. The molecule has 0 saturated heterocycles. The molecule has 0 aliphatic rings. The second kappa shape index (κ2) is 8.45. The molecule has 3 aromatic rings. The maximum absolute atomic E-state index is 12.7. The van der Waals surface area contributed by atoms with Crippen molar-refractivity contribution in [1.82, 2.24) is 4.98 Å². The van der Waals surface area contributed by atoms with Crippen molar-refractivity contribution in [2.75, 3.05) is 5.32 Å². The molecule has 0 fully saturated rings. The van der Waals surface area contributed by atoms with Crippen LogP contribution in [0, 0.1) is 19.8 Å². The number of thiophene rings is 1. The van der Waals surface area contributed by atoms with Crippen molar-refractivity contribution in [1.29, 1.82) is 0 Å². The van der Waals surface area contributed by atoms with Crippen LogP contribution in [0.25, 0.3) is 11.3 Å². The number of hydrogen-bond donors (Lipinski definition) is 2. The number of thiazole rings is 1. The normalized spacial score (nSPS) is 11.9. The Hall–Kier alpha value is -2.51. The number of carboxylic acid groups (broad SMARTS) is 1. The summed E-state index contributed by atoms with van der Waals surface area (Å²) in [6.45, 7) is 4.10. The zero-order valence-corrected chi connectivity index (χ0v) is 16.7. The van der Waals surface area contributed by atoms with Gasteiger partial charge in [-0.3, -0.25) is 9.59 Å². The van der Waals surface area contributed by atoms with Crippen molar-refractivity contribution in [3.8, 4) is 11.3 Å². The van der Waals surface area contributed by atoms with E-state index in [1.165, 1.54) is 21.1 Å². The lowest BCUT2D eigenvalue weighted by atomic mass is 9.95. The fourth-order valence-electron chi connectivity index (χ4n) is 2.91. The van der Waals surface area contributed by atoms with Gasteiger partial charge >= 0.3 is 5.97 Å². The van der Waals surface area contributed by atoms with Gasteiger partial charge in [-0.05, 0) is 31.9 Å². The number of aliphatic carboxylic acids is 1. The Morgan fingerprint density at radius 2 is 1.96 bits per heavy atom. The molecule has 1 atom stereocenters. The van der Waals surface area contributed by atoms with Crippen molar-refractivity contribution < 1.29 is 14.7 Å². The van der Waals surface area contributed by atoms with Crippen LogP contribution in [0.1, 0.15) is 21.7 Å². The van der Waals surface area contributed by atoms with Crippen LogP contribution in [0.5, 0.6) is 0 Å². The average Bonchev–Trinajstić information content (AvgIpc) is 3.20. The zero-order valence-electron chi connectivity index (χ0n) is 15.1. The minimum Gasteiger partial charge on any atom is -0.481 e. The molecule has 0 aliphatic heterocycles. The first-order valence-corrected chi connectivity index (χ1v) is 10.2. The van der Waals surface area contributed by atoms with Crippen LogP contribution >= 0.6 is 22.7 Å². The van der Waals surface area contributed by atoms with Crippen molar-refractivity contribution in [3.05, 3.63) is 57.1 Å². The lowest BCUT2D eigenvalue weighted by Crippen LogP contribution is -2.27. The Morgan fingerprint density at radius 1 is 1.22 bits per heavy atom. The predicted octanol–water partition coefficient (Wildman–Crippen LogP) is 4.76. The number of nitrogens with one attached hydrogen (secondary N) is 1. The number of carboxylic acids is 1. The standard InChI is InChI=1S/C20H20N2O3S2/c1-12-8-16(13(2)27-12)17-11-26-20(21-17)22-19(25)15(10-18(23)24)9-14-6-4-3-5-7-14/h3-8,11,15H,9-10H2,1-2H3,(H,23,24)(H,21,22,25). The highest BCUT2D eigenvalue weighted by Crippen LogP contribution is 2.32. The molecule has 2 aromatic heterocycles. The molecule has 5 nitrogen and oxygen atoms in total. The molecule has 2 heterocycles. The van der Waals surface area contributed by atoms with Gasteiger partial charge in [0.25, 0.3) is 0 Å². The predicted molar refractivity (Wildman–Crippen MR) is 109 cm³/mol. The number of rotatable bonds is 7. The molecule has 0 bridgehead atoms. The number of benzene rings is 1. The van der Waals surface area contributed by atoms with Gasteiger partial charge in [-0.15, -0.1) is 22.7 Å². The van der Waals surface area contributed by atoms with E-state index in [1.54, 1.807) is 11.3 Å². The largest absolute Gasteiger partial charge is 0.481 e. The van der Waals surface area contributed by atoms with E-state index >= 15 is 0 Å². The van der Waals surface area contributed by atoms with Gasteiger partial charge < -0.3 is 10.4 Å². The molecule has 1 aromatic carbocycles. The third-order valence-electron chi connectivity index (χ3n) is 4.17. The van der Waals surface area contributed by atoms with Crippen LogP contribution in [0.15, 0.2) is 41.8 Å². The first kappa shape index (κ1) is 19.3. The molecule has 140 valence electrons. The molecule has 2 N–H and O–H groups in total. The molecule has 0 aliphatic carbocycles. The Balaban J connectivity index is 1.73. The number of amides is 1. The number of hydrogen-bond acceptors (Lipinski definition) is 5. The van der Waals surface area contributed by atoms with Gasteiger partial charge in [0.15, 0.2) is 5.13 Å². The molecule has 0 radical (unpaired) electrons. The molecule has 7 heteroatoms. The smallest absolute Gasteiger partial charge is 0.304 e. The van der Waals surface area contributed by atoms with E-state index in [1.807, 2.05) is 42.6 Å². The van der Waals surface area contributed by atoms with Crippen LogP contribution < -0.4 is 5.32 Å².